The number of alkyl carbamates (subject to hydrolysis) is 2. The van der Waals surface area contributed by atoms with Gasteiger partial charge in [0.25, 0.3) is 0 Å². The monoisotopic (exact) mass is 389 g/mol. The second-order valence-electron chi connectivity index (χ2n) is 8.58. The van der Waals surface area contributed by atoms with Gasteiger partial charge in [-0.05, 0) is 45.6 Å². The van der Waals surface area contributed by atoms with Gasteiger partial charge in [0.2, 0.25) is 0 Å². The number of hydrogen-bond acceptors (Lipinski definition) is 5. The molecule has 2 amide bonds. The molecule has 0 bridgehead atoms. The number of rotatable bonds is 5. The Morgan fingerprint density at radius 1 is 1.04 bits per heavy atom. The van der Waals surface area contributed by atoms with E-state index in [0.717, 1.165) is 18.5 Å². The van der Waals surface area contributed by atoms with Gasteiger partial charge in [-0.1, -0.05) is 30.3 Å². The lowest BCUT2D eigenvalue weighted by Gasteiger charge is -2.39. The number of carbonyl (C=O) groups excluding carboxylic acids is 2. The smallest absolute Gasteiger partial charge is 0.407 e. The zero-order valence-corrected chi connectivity index (χ0v) is 16.9. The Morgan fingerprint density at radius 2 is 1.71 bits per heavy atom. The highest BCUT2D eigenvalue weighted by molar-refractivity contribution is 5.70. The molecule has 2 fully saturated rings. The van der Waals surface area contributed by atoms with Crippen LogP contribution in [0.2, 0.25) is 0 Å². The molecule has 1 aliphatic heterocycles. The van der Waals surface area contributed by atoms with Crippen molar-refractivity contribution in [3.63, 3.8) is 0 Å². The summed E-state index contributed by atoms with van der Waals surface area (Å²) in [5.41, 5.74) is 0.372. The fourth-order valence-corrected chi connectivity index (χ4v) is 3.44. The van der Waals surface area contributed by atoms with E-state index in [-0.39, 0.29) is 18.7 Å². The molecule has 3 rings (SSSR count). The van der Waals surface area contributed by atoms with Gasteiger partial charge in [-0.25, -0.2) is 9.59 Å². The summed E-state index contributed by atoms with van der Waals surface area (Å²) in [7, 11) is 0. The molecule has 2 aliphatic rings. The molecule has 1 aromatic carbocycles. The van der Waals surface area contributed by atoms with Crippen molar-refractivity contribution in [1.82, 2.24) is 15.5 Å². The lowest BCUT2D eigenvalue weighted by molar-refractivity contribution is 0.0438. The minimum atomic E-state index is -0.563. The summed E-state index contributed by atoms with van der Waals surface area (Å²) >= 11 is 0. The minimum Gasteiger partial charge on any atom is -0.445 e. The molecule has 0 unspecified atom stereocenters. The number of hydrogen-bond donors (Lipinski definition) is 2. The topological polar surface area (TPSA) is 79.9 Å². The minimum absolute atomic E-state index is 0.189. The summed E-state index contributed by atoms with van der Waals surface area (Å²) in [5.74, 6) is 0. The van der Waals surface area contributed by atoms with Crippen LogP contribution in [-0.2, 0) is 16.1 Å². The highest BCUT2D eigenvalue weighted by Crippen LogP contribution is 2.29. The molecule has 1 heterocycles. The van der Waals surface area contributed by atoms with Crippen LogP contribution in [-0.4, -0.2) is 53.9 Å². The molecular weight excluding hydrogens is 358 g/mol. The molecule has 2 N–H and O–H groups in total. The standard InChI is InChI=1S/C21H31N3O4/c1-21(2,3)28-20(26)23-18-13-24(16-9-10-16)12-11-17(18)22-19(25)27-14-15-7-5-4-6-8-15/h4-8,16-18H,9-14H2,1-3H3,(H,22,25)(H,23,26)/t17-,18+/m0/s1. The van der Waals surface area contributed by atoms with Crippen LogP contribution in [0.4, 0.5) is 9.59 Å². The summed E-state index contributed by atoms with van der Waals surface area (Å²) in [6, 6.07) is 9.76. The van der Waals surface area contributed by atoms with Crippen LogP contribution in [0.1, 0.15) is 45.6 Å². The second kappa shape index (κ2) is 8.82. The SMILES string of the molecule is CC(C)(C)OC(=O)N[C@@H]1CN(C2CC2)CC[C@@H]1NC(=O)OCc1ccccc1. The van der Waals surface area contributed by atoms with Crippen molar-refractivity contribution < 1.29 is 19.1 Å². The number of ether oxygens (including phenoxy) is 2. The highest BCUT2D eigenvalue weighted by atomic mass is 16.6. The Bertz CT molecular complexity index is 670. The van der Waals surface area contributed by atoms with Crippen molar-refractivity contribution >= 4 is 12.2 Å². The van der Waals surface area contributed by atoms with E-state index >= 15 is 0 Å². The van der Waals surface area contributed by atoms with E-state index in [1.54, 1.807) is 0 Å². The number of nitrogens with one attached hydrogen (secondary N) is 2. The van der Waals surface area contributed by atoms with E-state index in [1.807, 2.05) is 51.1 Å². The molecule has 7 heteroatoms. The number of amides is 2. The Morgan fingerprint density at radius 3 is 2.36 bits per heavy atom. The lowest BCUT2D eigenvalue weighted by Crippen LogP contribution is -2.61. The van der Waals surface area contributed by atoms with Gasteiger partial charge in [-0.2, -0.15) is 0 Å². The van der Waals surface area contributed by atoms with Crippen molar-refractivity contribution in [2.45, 2.75) is 70.4 Å². The average Bonchev–Trinajstić information content (AvgIpc) is 3.46. The van der Waals surface area contributed by atoms with Gasteiger partial charge in [0.15, 0.2) is 0 Å². The van der Waals surface area contributed by atoms with E-state index in [0.29, 0.717) is 12.6 Å². The van der Waals surface area contributed by atoms with Gasteiger partial charge < -0.3 is 20.1 Å². The maximum absolute atomic E-state index is 12.3. The fraction of sp³-hybridized carbons (Fsp3) is 0.619. The molecule has 1 aromatic rings. The molecule has 0 aromatic heterocycles. The summed E-state index contributed by atoms with van der Waals surface area (Å²) in [5, 5.41) is 5.87. The number of piperidine rings is 1. The predicted molar refractivity (Wildman–Crippen MR) is 106 cm³/mol. The van der Waals surface area contributed by atoms with E-state index in [4.69, 9.17) is 9.47 Å². The lowest BCUT2D eigenvalue weighted by atomic mass is 9.99. The van der Waals surface area contributed by atoms with Crippen LogP contribution >= 0.6 is 0 Å². The van der Waals surface area contributed by atoms with Crippen molar-refractivity contribution in [3.8, 4) is 0 Å². The van der Waals surface area contributed by atoms with Crippen molar-refractivity contribution in [2.75, 3.05) is 13.1 Å². The van der Waals surface area contributed by atoms with Crippen molar-refractivity contribution in [1.29, 1.82) is 0 Å². The fourth-order valence-electron chi connectivity index (χ4n) is 3.44. The van der Waals surface area contributed by atoms with Crippen molar-refractivity contribution in [2.24, 2.45) is 0 Å². The Labute approximate surface area is 166 Å². The summed E-state index contributed by atoms with van der Waals surface area (Å²) in [6.07, 6.45) is 2.24. The van der Waals surface area contributed by atoms with Gasteiger partial charge in [0.1, 0.15) is 12.2 Å². The summed E-state index contributed by atoms with van der Waals surface area (Å²) < 4.78 is 10.7. The van der Waals surface area contributed by atoms with E-state index in [1.165, 1.54) is 12.8 Å². The number of likely N-dealkylation sites (tertiary alicyclic amines) is 1. The zero-order valence-electron chi connectivity index (χ0n) is 16.9. The first-order chi connectivity index (χ1) is 13.3. The van der Waals surface area contributed by atoms with E-state index in [9.17, 15) is 9.59 Å². The molecule has 0 radical (unpaired) electrons. The van der Waals surface area contributed by atoms with Crippen molar-refractivity contribution in [3.05, 3.63) is 35.9 Å². The molecule has 7 nitrogen and oxygen atoms in total. The summed E-state index contributed by atoms with van der Waals surface area (Å²) in [4.78, 5) is 26.9. The highest BCUT2D eigenvalue weighted by Gasteiger charge is 2.38. The van der Waals surface area contributed by atoms with Crippen LogP contribution in [0, 0.1) is 0 Å². The largest absolute Gasteiger partial charge is 0.445 e. The maximum atomic E-state index is 12.3. The number of benzene rings is 1. The molecular formula is C21H31N3O4. The molecule has 2 atom stereocenters. The average molecular weight is 389 g/mol. The predicted octanol–water partition coefficient (Wildman–Crippen LogP) is 3.04. The molecule has 154 valence electrons. The van der Waals surface area contributed by atoms with Crippen LogP contribution in [0.5, 0.6) is 0 Å². The Hall–Kier alpha value is -2.28. The van der Waals surface area contributed by atoms with Crippen LogP contribution in [0.25, 0.3) is 0 Å². The van der Waals surface area contributed by atoms with Gasteiger partial charge in [0, 0.05) is 19.1 Å². The van der Waals surface area contributed by atoms with Gasteiger partial charge in [0.05, 0.1) is 12.1 Å². The molecule has 1 saturated carbocycles. The van der Waals surface area contributed by atoms with E-state index in [2.05, 4.69) is 15.5 Å². The third-order valence-electron chi connectivity index (χ3n) is 4.93. The van der Waals surface area contributed by atoms with Crippen LogP contribution in [0.3, 0.4) is 0 Å². The normalized spacial score (nSPS) is 23.0. The first-order valence-corrected chi connectivity index (χ1v) is 10.0. The van der Waals surface area contributed by atoms with Crippen LogP contribution in [0.15, 0.2) is 30.3 Å². The van der Waals surface area contributed by atoms with E-state index < -0.39 is 17.8 Å². The Balaban J connectivity index is 1.55. The Kier molecular flexibility index (Phi) is 6.44. The zero-order chi connectivity index (χ0) is 20.1. The molecule has 1 saturated heterocycles. The number of nitrogens with zero attached hydrogens (tertiary/aromatic N) is 1. The second-order valence-corrected chi connectivity index (χ2v) is 8.58. The quantitative estimate of drug-likeness (QED) is 0.809. The molecule has 1 aliphatic carbocycles. The van der Waals surface area contributed by atoms with Gasteiger partial charge in [-0.3, -0.25) is 4.90 Å². The maximum Gasteiger partial charge on any atom is 0.407 e. The third kappa shape index (κ3) is 6.41. The van der Waals surface area contributed by atoms with Gasteiger partial charge >= 0.3 is 12.2 Å². The van der Waals surface area contributed by atoms with Crippen LogP contribution < -0.4 is 10.6 Å². The third-order valence-corrected chi connectivity index (χ3v) is 4.93. The first-order valence-electron chi connectivity index (χ1n) is 10.0. The van der Waals surface area contributed by atoms with Gasteiger partial charge in [-0.15, -0.1) is 0 Å². The molecule has 28 heavy (non-hydrogen) atoms. The number of carbonyl (C=O) groups is 2. The molecule has 0 spiro atoms. The first kappa shape index (κ1) is 20.5. The summed E-state index contributed by atoms with van der Waals surface area (Å²) in [6.45, 7) is 7.33.